The Bertz CT molecular complexity index is 549. The van der Waals surface area contributed by atoms with Gasteiger partial charge in [0, 0.05) is 24.2 Å². The van der Waals surface area contributed by atoms with Crippen molar-refractivity contribution in [3.63, 3.8) is 0 Å². The van der Waals surface area contributed by atoms with E-state index in [1.807, 2.05) is 0 Å². The zero-order chi connectivity index (χ0) is 15.4. The predicted octanol–water partition coefficient (Wildman–Crippen LogP) is 1.42. The average molecular weight is 290 g/mol. The normalized spacial score (nSPS) is 15.3. The van der Waals surface area contributed by atoms with Gasteiger partial charge in [-0.25, -0.2) is 0 Å². The number of hydrogen-bond donors (Lipinski definition) is 3. The molecule has 0 bridgehead atoms. The van der Waals surface area contributed by atoms with E-state index in [-0.39, 0.29) is 24.2 Å². The van der Waals surface area contributed by atoms with Crippen LogP contribution in [0, 0.1) is 0 Å². The number of carboxylic acids is 1. The number of nitrogens with one attached hydrogen (secondary N) is 2. The number of anilines is 1. The van der Waals surface area contributed by atoms with Crippen LogP contribution in [0.15, 0.2) is 24.3 Å². The van der Waals surface area contributed by atoms with E-state index < -0.39 is 12.0 Å². The Kier molecular flexibility index (Phi) is 4.70. The highest BCUT2D eigenvalue weighted by Crippen LogP contribution is 2.21. The number of Topliss-reactive ketones (excluding diaryl/α,β-unsaturated/α-hetero) is 1. The minimum Gasteiger partial charge on any atom is -0.481 e. The van der Waals surface area contributed by atoms with E-state index >= 15 is 0 Å². The van der Waals surface area contributed by atoms with Gasteiger partial charge in [-0.05, 0) is 37.1 Å². The lowest BCUT2D eigenvalue weighted by molar-refractivity contribution is -0.137. The van der Waals surface area contributed by atoms with E-state index in [0.29, 0.717) is 11.3 Å². The Morgan fingerprint density at radius 1 is 1.24 bits per heavy atom. The van der Waals surface area contributed by atoms with Gasteiger partial charge in [-0.1, -0.05) is 0 Å². The Morgan fingerprint density at radius 3 is 2.33 bits per heavy atom. The van der Waals surface area contributed by atoms with Gasteiger partial charge in [0.05, 0.1) is 12.5 Å². The number of hydrogen-bond acceptors (Lipinski definition) is 4. The number of amides is 1. The van der Waals surface area contributed by atoms with Crippen molar-refractivity contribution in [2.75, 3.05) is 5.32 Å². The molecule has 1 saturated carbocycles. The Balaban J connectivity index is 2.07. The van der Waals surface area contributed by atoms with E-state index in [2.05, 4.69) is 10.6 Å². The first-order valence-corrected chi connectivity index (χ1v) is 6.85. The van der Waals surface area contributed by atoms with Crippen molar-refractivity contribution in [1.82, 2.24) is 5.32 Å². The zero-order valence-electron chi connectivity index (χ0n) is 11.8. The quantitative estimate of drug-likeness (QED) is 0.660. The summed E-state index contributed by atoms with van der Waals surface area (Å²) in [5.41, 5.74) is 1.03. The van der Waals surface area contributed by atoms with E-state index in [4.69, 9.17) is 5.11 Å². The molecule has 1 atom stereocenters. The van der Waals surface area contributed by atoms with Crippen molar-refractivity contribution in [3.8, 4) is 0 Å². The monoisotopic (exact) mass is 290 g/mol. The van der Waals surface area contributed by atoms with Crippen LogP contribution in [0.4, 0.5) is 5.69 Å². The lowest BCUT2D eigenvalue weighted by Gasteiger charge is -2.15. The molecule has 0 saturated heterocycles. The zero-order valence-corrected chi connectivity index (χ0v) is 11.8. The van der Waals surface area contributed by atoms with Gasteiger partial charge in [-0.3, -0.25) is 14.4 Å². The third-order valence-electron chi connectivity index (χ3n) is 3.20. The molecule has 1 unspecified atom stereocenters. The fourth-order valence-corrected chi connectivity index (χ4v) is 2.06. The number of aliphatic carboxylic acids is 1. The maximum Gasteiger partial charge on any atom is 0.305 e. The number of rotatable bonds is 7. The van der Waals surface area contributed by atoms with Crippen LogP contribution >= 0.6 is 0 Å². The van der Waals surface area contributed by atoms with Gasteiger partial charge in [0.15, 0.2) is 5.78 Å². The molecular weight excluding hydrogens is 272 g/mol. The van der Waals surface area contributed by atoms with Crippen LogP contribution in [0.1, 0.15) is 36.5 Å². The van der Waals surface area contributed by atoms with E-state index in [0.717, 1.165) is 12.8 Å². The molecule has 0 radical (unpaired) electrons. The van der Waals surface area contributed by atoms with Crippen LogP contribution in [0.2, 0.25) is 0 Å². The SMILES string of the molecule is CC(=O)Nc1ccc(C(=O)C(CC(=O)O)NC2CC2)cc1. The van der Waals surface area contributed by atoms with Gasteiger partial charge in [-0.2, -0.15) is 0 Å². The van der Waals surface area contributed by atoms with Crippen LogP contribution in [0.3, 0.4) is 0 Å². The molecule has 112 valence electrons. The fourth-order valence-electron chi connectivity index (χ4n) is 2.06. The van der Waals surface area contributed by atoms with Gasteiger partial charge in [-0.15, -0.1) is 0 Å². The molecule has 0 spiro atoms. The third-order valence-corrected chi connectivity index (χ3v) is 3.20. The minimum atomic E-state index is -1.00. The molecule has 1 amide bonds. The van der Waals surface area contributed by atoms with E-state index in [1.54, 1.807) is 24.3 Å². The van der Waals surface area contributed by atoms with Crippen molar-refractivity contribution in [2.24, 2.45) is 0 Å². The van der Waals surface area contributed by atoms with Gasteiger partial charge >= 0.3 is 5.97 Å². The van der Waals surface area contributed by atoms with Gasteiger partial charge < -0.3 is 15.7 Å². The summed E-state index contributed by atoms with van der Waals surface area (Å²) >= 11 is 0. The molecule has 1 aliphatic rings. The third kappa shape index (κ3) is 4.68. The lowest BCUT2D eigenvalue weighted by Crippen LogP contribution is -2.40. The fraction of sp³-hybridized carbons (Fsp3) is 0.400. The second-order valence-electron chi connectivity index (χ2n) is 5.21. The molecule has 1 fully saturated rings. The van der Waals surface area contributed by atoms with Gasteiger partial charge in [0.1, 0.15) is 0 Å². The molecule has 0 heterocycles. The summed E-state index contributed by atoms with van der Waals surface area (Å²) in [4.78, 5) is 34.2. The first kappa shape index (κ1) is 15.2. The predicted molar refractivity (Wildman–Crippen MR) is 77.3 cm³/mol. The number of carboxylic acid groups (broad SMARTS) is 1. The molecule has 6 heteroatoms. The average Bonchev–Trinajstić information content (AvgIpc) is 3.21. The minimum absolute atomic E-state index is 0.187. The molecule has 6 nitrogen and oxygen atoms in total. The van der Waals surface area contributed by atoms with E-state index in [9.17, 15) is 14.4 Å². The van der Waals surface area contributed by atoms with Crippen molar-refractivity contribution in [1.29, 1.82) is 0 Å². The number of carbonyl (C=O) groups excluding carboxylic acids is 2. The number of ketones is 1. The standard InChI is InChI=1S/C15H18N2O4/c1-9(18)16-11-4-2-10(3-5-11)15(21)13(8-14(19)20)17-12-6-7-12/h2-5,12-13,17H,6-8H2,1H3,(H,16,18)(H,19,20). The summed E-state index contributed by atoms with van der Waals surface area (Å²) in [5.74, 6) is -1.43. The van der Waals surface area contributed by atoms with Crippen LogP contribution in [0.5, 0.6) is 0 Å². The summed E-state index contributed by atoms with van der Waals surface area (Å²) in [6.45, 7) is 1.40. The first-order valence-electron chi connectivity index (χ1n) is 6.85. The molecular formula is C15H18N2O4. The Hall–Kier alpha value is -2.21. The maximum atomic E-state index is 12.4. The summed E-state index contributed by atoms with van der Waals surface area (Å²) < 4.78 is 0. The molecule has 3 N–H and O–H groups in total. The Morgan fingerprint density at radius 2 is 1.86 bits per heavy atom. The van der Waals surface area contributed by atoms with Crippen LogP contribution in [-0.2, 0) is 9.59 Å². The highest BCUT2D eigenvalue weighted by atomic mass is 16.4. The lowest BCUT2D eigenvalue weighted by atomic mass is 10.0. The number of carbonyl (C=O) groups is 3. The highest BCUT2D eigenvalue weighted by Gasteiger charge is 2.30. The van der Waals surface area contributed by atoms with Crippen molar-refractivity contribution < 1.29 is 19.5 Å². The van der Waals surface area contributed by atoms with Crippen molar-refractivity contribution in [3.05, 3.63) is 29.8 Å². The second-order valence-corrected chi connectivity index (χ2v) is 5.21. The molecule has 1 aliphatic carbocycles. The second kappa shape index (κ2) is 6.49. The highest BCUT2D eigenvalue weighted by molar-refractivity contribution is 6.02. The van der Waals surface area contributed by atoms with Crippen LogP contribution < -0.4 is 10.6 Å². The summed E-state index contributed by atoms with van der Waals surface area (Å²) in [6, 6.07) is 5.99. The summed E-state index contributed by atoms with van der Waals surface area (Å²) in [6.07, 6.45) is 1.72. The number of benzene rings is 1. The topological polar surface area (TPSA) is 95.5 Å². The molecule has 1 aromatic carbocycles. The van der Waals surface area contributed by atoms with Crippen molar-refractivity contribution in [2.45, 2.75) is 38.3 Å². The van der Waals surface area contributed by atoms with Gasteiger partial charge in [0.2, 0.25) is 5.91 Å². The molecule has 2 rings (SSSR count). The van der Waals surface area contributed by atoms with Crippen molar-refractivity contribution >= 4 is 23.3 Å². The summed E-state index contributed by atoms with van der Waals surface area (Å²) in [5, 5.41) is 14.6. The van der Waals surface area contributed by atoms with Crippen LogP contribution in [0.25, 0.3) is 0 Å². The molecule has 0 aliphatic heterocycles. The largest absolute Gasteiger partial charge is 0.481 e. The van der Waals surface area contributed by atoms with Crippen LogP contribution in [-0.4, -0.2) is 34.8 Å². The smallest absolute Gasteiger partial charge is 0.305 e. The van der Waals surface area contributed by atoms with E-state index in [1.165, 1.54) is 6.92 Å². The molecule has 21 heavy (non-hydrogen) atoms. The summed E-state index contributed by atoms with van der Waals surface area (Å²) in [7, 11) is 0. The molecule has 0 aromatic heterocycles. The Labute approximate surface area is 122 Å². The molecule has 1 aromatic rings. The maximum absolute atomic E-state index is 12.4. The first-order chi connectivity index (χ1) is 9.95. The van der Waals surface area contributed by atoms with Gasteiger partial charge in [0.25, 0.3) is 0 Å².